The van der Waals surface area contributed by atoms with Crippen molar-refractivity contribution >= 4 is 11.9 Å². The van der Waals surface area contributed by atoms with Crippen molar-refractivity contribution in [1.82, 2.24) is 0 Å². The lowest BCUT2D eigenvalue weighted by molar-refractivity contribution is -0.0391. The van der Waals surface area contributed by atoms with Gasteiger partial charge in [0.25, 0.3) is 0 Å². The van der Waals surface area contributed by atoms with Crippen LogP contribution in [0.3, 0.4) is 0 Å². The predicted octanol–water partition coefficient (Wildman–Crippen LogP) is 5.28. The summed E-state index contributed by atoms with van der Waals surface area (Å²) < 4.78 is 11.6. The second-order valence-corrected chi connectivity index (χ2v) is 7.57. The first-order valence-corrected chi connectivity index (χ1v) is 10.1. The Balaban J connectivity index is 1.70. The molecule has 1 fully saturated rings. The van der Waals surface area contributed by atoms with E-state index < -0.39 is 0 Å². The molecule has 0 aromatic heterocycles. The van der Waals surface area contributed by atoms with Crippen LogP contribution in [-0.4, -0.2) is 24.1 Å². The maximum absolute atomic E-state index is 12.5. The van der Waals surface area contributed by atoms with Crippen molar-refractivity contribution in [2.45, 2.75) is 51.7 Å². The fourth-order valence-electron chi connectivity index (χ4n) is 4.27. The molecule has 1 aliphatic carbocycles. The molecular weight excluding hydrogens is 352 g/mol. The second kappa shape index (κ2) is 9.54. The first-order chi connectivity index (χ1) is 13.6. The van der Waals surface area contributed by atoms with Gasteiger partial charge in [0, 0.05) is 5.92 Å². The molecule has 0 saturated heterocycles. The first-order valence-electron chi connectivity index (χ1n) is 10.1. The lowest BCUT2D eigenvalue weighted by Gasteiger charge is -2.33. The molecule has 0 heterocycles. The number of ether oxygens (including phenoxy) is 2. The van der Waals surface area contributed by atoms with Crippen LogP contribution in [0.15, 0.2) is 60.7 Å². The summed E-state index contributed by atoms with van der Waals surface area (Å²) in [6.45, 7) is 3.83. The third-order valence-electron chi connectivity index (χ3n) is 5.63. The lowest BCUT2D eigenvalue weighted by atomic mass is 9.83. The van der Waals surface area contributed by atoms with Gasteiger partial charge in [0.1, 0.15) is 12.2 Å². The minimum atomic E-state index is -0.339. The minimum Gasteiger partial charge on any atom is -0.459 e. The monoisotopic (exact) mass is 380 g/mol. The molecule has 1 saturated carbocycles. The topological polar surface area (TPSA) is 52.6 Å². The molecule has 148 valence electrons. The molecule has 2 aromatic rings. The van der Waals surface area contributed by atoms with Crippen LogP contribution in [0.4, 0.5) is 0 Å². The summed E-state index contributed by atoms with van der Waals surface area (Å²) >= 11 is 0. The minimum absolute atomic E-state index is 0.0252. The van der Waals surface area contributed by atoms with Gasteiger partial charge in [0.05, 0.1) is 11.1 Å². The van der Waals surface area contributed by atoms with E-state index in [1.165, 1.54) is 12.8 Å². The smallest absolute Gasteiger partial charge is 0.338 e. The zero-order chi connectivity index (χ0) is 19.9. The highest BCUT2D eigenvalue weighted by Crippen LogP contribution is 2.37. The number of carbonyl (C=O) groups is 2. The maximum Gasteiger partial charge on any atom is 0.338 e. The molecule has 28 heavy (non-hydrogen) atoms. The quantitative estimate of drug-likeness (QED) is 0.613. The van der Waals surface area contributed by atoms with Gasteiger partial charge in [-0.25, -0.2) is 9.59 Å². The average Bonchev–Trinajstić information content (AvgIpc) is 3.23. The fraction of sp³-hybridized carbons (Fsp3) is 0.417. The Bertz CT molecular complexity index is 706. The van der Waals surface area contributed by atoms with Gasteiger partial charge < -0.3 is 9.47 Å². The highest BCUT2D eigenvalue weighted by molar-refractivity contribution is 5.90. The molecular formula is C24H28O4. The van der Waals surface area contributed by atoms with E-state index in [2.05, 4.69) is 0 Å². The molecule has 3 rings (SSSR count). The molecule has 2 aromatic carbocycles. The molecule has 0 radical (unpaired) electrons. The van der Waals surface area contributed by atoms with Gasteiger partial charge in [-0.15, -0.1) is 0 Å². The first kappa shape index (κ1) is 20.1. The summed E-state index contributed by atoms with van der Waals surface area (Å²) in [4.78, 5) is 25.0. The highest BCUT2D eigenvalue weighted by atomic mass is 16.6. The van der Waals surface area contributed by atoms with Gasteiger partial charge in [-0.3, -0.25) is 0 Å². The van der Waals surface area contributed by atoms with E-state index in [1.807, 2.05) is 50.2 Å². The van der Waals surface area contributed by atoms with Gasteiger partial charge in [-0.2, -0.15) is 0 Å². The largest absolute Gasteiger partial charge is 0.459 e. The summed E-state index contributed by atoms with van der Waals surface area (Å²) in [6, 6.07) is 18.0. The maximum atomic E-state index is 12.5. The van der Waals surface area contributed by atoms with Crippen LogP contribution in [-0.2, 0) is 9.47 Å². The number of rotatable bonds is 7. The SMILES string of the molecule is CC(OC(=O)c1ccccc1)C(C1CCCC1)C(C)OC(=O)c1ccccc1. The van der Waals surface area contributed by atoms with E-state index >= 15 is 0 Å². The third kappa shape index (κ3) is 5.00. The summed E-state index contributed by atoms with van der Waals surface area (Å²) in [5.41, 5.74) is 1.07. The molecule has 4 heteroatoms. The molecule has 2 unspecified atom stereocenters. The molecule has 0 aliphatic heterocycles. The summed E-state index contributed by atoms with van der Waals surface area (Å²) in [7, 11) is 0. The Kier molecular flexibility index (Phi) is 6.85. The van der Waals surface area contributed by atoms with Crippen LogP contribution in [0.25, 0.3) is 0 Å². The van der Waals surface area contributed by atoms with Crippen molar-refractivity contribution < 1.29 is 19.1 Å². The standard InChI is InChI=1S/C24H28O4/c1-17(27-23(25)20-13-5-3-6-14-20)22(19-11-9-10-12-19)18(2)28-24(26)21-15-7-4-8-16-21/h3-8,13-19,22H,9-12H2,1-2H3. The normalized spacial score (nSPS) is 17.5. The molecule has 0 amide bonds. The van der Waals surface area contributed by atoms with E-state index in [9.17, 15) is 9.59 Å². The van der Waals surface area contributed by atoms with Crippen LogP contribution < -0.4 is 0 Å². The van der Waals surface area contributed by atoms with Crippen LogP contribution >= 0.6 is 0 Å². The van der Waals surface area contributed by atoms with Crippen LogP contribution in [0.2, 0.25) is 0 Å². The van der Waals surface area contributed by atoms with Gasteiger partial charge in [0.15, 0.2) is 0 Å². The second-order valence-electron chi connectivity index (χ2n) is 7.57. The Labute approximate surface area is 166 Å². The van der Waals surface area contributed by atoms with Crippen LogP contribution in [0, 0.1) is 11.8 Å². The lowest BCUT2D eigenvalue weighted by Crippen LogP contribution is -2.39. The number of hydrogen-bond acceptors (Lipinski definition) is 4. The van der Waals surface area contributed by atoms with Crippen molar-refractivity contribution in [1.29, 1.82) is 0 Å². The zero-order valence-electron chi connectivity index (χ0n) is 16.5. The Morgan fingerprint density at radius 1 is 0.750 bits per heavy atom. The van der Waals surface area contributed by atoms with Crippen LogP contribution in [0.5, 0.6) is 0 Å². The van der Waals surface area contributed by atoms with Crippen molar-refractivity contribution in [2.75, 3.05) is 0 Å². The van der Waals surface area contributed by atoms with Crippen LogP contribution in [0.1, 0.15) is 60.2 Å². The van der Waals surface area contributed by atoms with Crippen molar-refractivity contribution in [3.05, 3.63) is 71.8 Å². The van der Waals surface area contributed by atoms with E-state index in [-0.39, 0.29) is 30.1 Å². The van der Waals surface area contributed by atoms with Crippen molar-refractivity contribution in [3.8, 4) is 0 Å². The molecule has 0 bridgehead atoms. The van der Waals surface area contributed by atoms with E-state index in [0.29, 0.717) is 17.0 Å². The molecule has 4 nitrogen and oxygen atoms in total. The zero-order valence-corrected chi connectivity index (χ0v) is 16.5. The number of benzene rings is 2. The fourth-order valence-corrected chi connectivity index (χ4v) is 4.27. The third-order valence-corrected chi connectivity index (χ3v) is 5.63. The van der Waals surface area contributed by atoms with Crippen molar-refractivity contribution in [2.24, 2.45) is 11.8 Å². The highest BCUT2D eigenvalue weighted by Gasteiger charge is 2.37. The van der Waals surface area contributed by atoms with Gasteiger partial charge >= 0.3 is 11.9 Å². The van der Waals surface area contributed by atoms with Gasteiger partial charge in [0.2, 0.25) is 0 Å². The summed E-state index contributed by atoms with van der Waals surface area (Å²) in [6.07, 6.45) is 3.81. The summed E-state index contributed by atoms with van der Waals surface area (Å²) in [5.74, 6) is -0.310. The van der Waals surface area contributed by atoms with Crippen molar-refractivity contribution in [3.63, 3.8) is 0 Å². The van der Waals surface area contributed by atoms with E-state index in [1.54, 1.807) is 24.3 Å². The number of carbonyl (C=O) groups excluding carboxylic acids is 2. The number of esters is 2. The molecule has 0 N–H and O–H groups in total. The Morgan fingerprint density at radius 3 is 1.54 bits per heavy atom. The Morgan fingerprint density at radius 2 is 1.14 bits per heavy atom. The van der Waals surface area contributed by atoms with E-state index in [0.717, 1.165) is 12.8 Å². The van der Waals surface area contributed by atoms with E-state index in [4.69, 9.17) is 9.47 Å². The van der Waals surface area contributed by atoms with Gasteiger partial charge in [-0.05, 0) is 56.9 Å². The predicted molar refractivity (Wildman–Crippen MR) is 108 cm³/mol. The Hall–Kier alpha value is -2.62. The molecule has 0 spiro atoms. The molecule has 1 aliphatic rings. The average molecular weight is 380 g/mol. The van der Waals surface area contributed by atoms with Gasteiger partial charge in [-0.1, -0.05) is 49.2 Å². The molecule has 2 atom stereocenters. The summed E-state index contributed by atoms with van der Waals surface area (Å²) in [5, 5.41) is 0. The number of hydrogen-bond donors (Lipinski definition) is 0.